The minimum Gasteiger partial charge on any atom is -0.512 e. The zero-order valence-electron chi connectivity index (χ0n) is 5.20. The summed E-state index contributed by atoms with van der Waals surface area (Å²) >= 11 is 0. The Balaban J connectivity index is 2.80. The van der Waals surface area contributed by atoms with E-state index in [0.717, 1.165) is 0 Å². The molecule has 0 saturated heterocycles. The summed E-state index contributed by atoms with van der Waals surface area (Å²) in [5.41, 5.74) is -1.95. The minimum absolute atomic E-state index is 0.0220. The predicted octanol–water partition coefficient (Wildman–Crippen LogP) is 2.40. The first-order chi connectivity index (χ1) is 4.40. The molecule has 0 aliphatic heterocycles. The fourth-order valence-corrected chi connectivity index (χ4v) is 0.861. The van der Waals surface area contributed by atoms with Crippen molar-refractivity contribution in [3.8, 4) is 0 Å². The van der Waals surface area contributed by atoms with Crippen LogP contribution in [0.3, 0.4) is 0 Å². The molecule has 0 unspecified atom stereocenters. The molecule has 1 saturated carbocycles. The van der Waals surface area contributed by atoms with E-state index in [4.69, 9.17) is 5.11 Å². The molecule has 1 nitrogen and oxygen atoms in total. The largest absolute Gasteiger partial charge is 0.512 e. The number of aliphatic hydroxyl groups excluding tert-OH is 1. The van der Waals surface area contributed by atoms with Crippen molar-refractivity contribution < 1.29 is 18.3 Å². The van der Waals surface area contributed by atoms with Gasteiger partial charge >= 0.3 is 6.18 Å². The van der Waals surface area contributed by atoms with Crippen LogP contribution in [0.2, 0.25) is 0 Å². The number of rotatable bonds is 1. The third-order valence-electron chi connectivity index (χ3n) is 1.85. The second kappa shape index (κ2) is 1.68. The molecule has 1 fully saturated rings. The van der Waals surface area contributed by atoms with Gasteiger partial charge in [-0.3, -0.25) is 0 Å². The fraction of sp³-hybridized carbons (Fsp3) is 0.667. The van der Waals surface area contributed by atoms with Crippen LogP contribution in [0.25, 0.3) is 0 Å². The lowest BCUT2D eigenvalue weighted by atomic mass is 10.1. The summed E-state index contributed by atoms with van der Waals surface area (Å²) in [6, 6.07) is 0. The molecule has 0 amide bonds. The Kier molecular flexibility index (Phi) is 1.25. The van der Waals surface area contributed by atoms with Gasteiger partial charge in [-0.2, -0.15) is 13.2 Å². The highest BCUT2D eigenvalue weighted by Crippen LogP contribution is 2.60. The minimum atomic E-state index is -4.32. The van der Waals surface area contributed by atoms with Gasteiger partial charge in [-0.05, 0) is 12.8 Å². The van der Waals surface area contributed by atoms with Gasteiger partial charge in [-0.1, -0.05) is 6.58 Å². The highest BCUT2D eigenvalue weighted by atomic mass is 19.4. The number of hydrogen-bond acceptors (Lipinski definition) is 1. The lowest BCUT2D eigenvalue weighted by Gasteiger charge is -2.16. The smallest absolute Gasteiger partial charge is 0.401 e. The van der Waals surface area contributed by atoms with E-state index in [2.05, 4.69) is 6.58 Å². The van der Waals surface area contributed by atoms with E-state index in [-0.39, 0.29) is 12.8 Å². The van der Waals surface area contributed by atoms with Gasteiger partial charge in [-0.15, -0.1) is 0 Å². The Morgan fingerprint density at radius 2 is 1.80 bits per heavy atom. The van der Waals surface area contributed by atoms with Gasteiger partial charge in [0.05, 0.1) is 0 Å². The van der Waals surface area contributed by atoms with E-state index in [1.807, 2.05) is 0 Å². The standard InChI is InChI=1S/C6H7F3O/c1-4(10)5(2-3-5)6(7,8)9/h10H,1-3H2. The zero-order chi connectivity index (χ0) is 7.99. The van der Waals surface area contributed by atoms with Gasteiger partial charge in [0.15, 0.2) is 0 Å². The second-order valence-corrected chi connectivity index (χ2v) is 2.53. The number of halogens is 3. The highest BCUT2D eigenvalue weighted by Gasteiger charge is 2.65. The Labute approximate surface area is 56.2 Å². The van der Waals surface area contributed by atoms with Crippen molar-refractivity contribution in [3.05, 3.63) is 12.3 Å². The van der Waals surface area contributed by atoms with Crippen molar-refractivity contribution in [1.29, 1.82) is 0 Å². The number of allylic oxidation sites excluding steroid dienone is 1. The van der Waals surface area contributed by atoms with Crippen LogP contribution >= 0.6 is 0 Å². The normalized spacial score (nSPS) is 22.3. The summed E-state index contributed by atoms with van der Waals surface area (Å²) in [7, 11) is 0. The summed E-state index contributed by atoms with van der Waals surface area (Å²) in [6.07, 6.45) is -4.36. The molecular weight excluding hydrogens is 145 g/mol. The van der Waals surface area contributed by atoms with Gasteiger partial charge in [0.1, 0.15) is 11.2 Å². The molecule has 0 heterocycles. The molecular formula is C6H7F3O. The van der Waals surface area contributed by atoms with E-state index in [1.165, 1.54) is 0 Å². The SMILES string of the molecule is C=C(O)C1(C(F)(F)F)CC1. The second-order valence-electron chi connectivity index (χ2n) is 2.53. The molecule has 1 N–H and O–H groups in total. The van der Waals surface area contributed by atoms with Crippen LogP contribution in [0.1, 0.15) is 12.8 Å². The maximum atomic E-state index is 11.9. The lowest BCUT2D eigenvalue weighted by molar-refractivity contribution is -0.182. The third kappa shape index (κ3) is 0.786. The van der Waals surface area contributed by atoms with E-state index in [1.54, 1.807) is 0 Å². The van der Waals surface area contributed by atoms with Crippen LogP contribution in [-0.4, -0.2) is 11.3 Å². The summed E-state index contributed by atoms with van der Waals surface area (Å²) in [6.45, 7) is 2.89. The Morgan fingerprint density at radius 3 is 1.80 bits per heavy atom. The molecule has 10 heavy (non-hydrogen) atoms. The zero-order valence-corrected chi connectivity index (χ0v) is 5.20. The van der Waals surface area contributed by atoms with Crippen molar-refractivity contribution in [2.24, 2.45) is 5.41 Å². The lowest BCUT2D eigenvalue weighted by Crippen LogP contribution is -2.25. The average Bonchev–Trinajstić information content (AvgIpc) is 2.36. The van der Waals surface area contributed by atoms with Crippen LogP contribution in [0.4, 0.5) is 13.2 Å². The molecule has 1 aliphatic carbocycles. The molecule has 1 rings (SSSR count). The first-order valence-electron chi connectivity index (χ1n) is 2.85. The van der Waals surface area contributed by atoms with Crippen molar-refractivity contribution in [2.75, 3.05) is 0 Å². The number of hydrogen-bond donors (Lipinski definition) is 1. The van der Waals surface area contributed by atoms with E-state index in [0.29, 0.717) is 0 Å². The van der Waals surface area contributed by atoms with Crippen LogP contribution in [0.5, 0.6) is 0 Å². The molecule has 0 radical (unpaired) electrons. The maximum Gasteiger partial charge on any atom is 0.401 e. The predicted molar refractivity (Wildman–Crippen MR) is 29.5 cm³/mol. The molecule has 0 aromatic carbocycles. The third-order valence-corrected chi connectivity index (χ3v) is 1.85. The number of aliphatic hydroxyl groups is 1. The van der Waals surface area contributed by atoms with Gasteiger partial charge < -0.3 is 5.11 Å². The van der Waals surface area contributed by atoms with E-state index >= 15 is 0 Å². The first kappa shape index (κ1) is 7.44. The van der Waals surface area contributed by atoms with E-state index in [9.17, 15) is 13.2 Å². The first-order valence-corrected chi connectivity index (χ1v) is 2.85. The fourth-order valence-electron chi connectivity index (χ4n) is 0.861. The summed E-state index contributed by atoms with van der Waals surface area (Å²) in [4.78, 5) is 0. The van der Waals surface area contributed by atoms with Crippen LogP contribution in [-0.2, 0) is 0 Å². The quantitative estimate of drug-likeness (QED) is 0.572. The van der Waals surface area contributed by atoms with Crippen LogP contribution < -0.4 is 0 Å². The molecule has 0 aromatic heterocycles. The van der Waals surface area contributed by atoms with Gasteiger partial charge in [-0.25, -0.2) is 0 Å². The van der Waals surface area contributed by atoms with Crippen molar-refractivity contribution in [1.82, 2.24) is 0 Å². The summed E-state index contributed by atoms with van der Waals surface area (Å²) in [5, 5.41) is 8.56. The van der Waals surface area contributed by atoms with Crippen LogP contribution in [0, 0.1) is 5.41 Å². The molecule has 0 bridgehead atoms. The van der Waals surface area contributed by atoms with Gasteiger partial charge in [0.2, 0.25) is 0 Å². The molecule has 0 atom stereocenters. The van der Waals surface area contributed by atoms with Crippen molar-refractivity contribution in [2.45, 2.75) is 19.0 Å². The molecule has 4 heteroatoms. The summed E-state index contributed by atoms with van der Waals surface area (Å²) < 4.78 is 35.8. The Hall–Kier alpha value is -0.670. The van der Waals surface area contributed by atoms with Gasteiger partial charge in [0.25, 0.3) is 0 Å². The van der Waals surface area contributed by atoms with Crippen molar-refractivity contribution in [3.63, 3.8) is 0 Å². The van der Waals surface area contributed by atoms with Crippen LogP contribution in [0.15, 0.2) is 12.3 Å². The number of alkyl halides is 3. The van der Waals surface area contributed by atoms with Gasteiger partial charge in [0, 0.05) is 0 Å². The Morgan fingerprint density at radius 1 is 1.40 bits per heavy atom. The maximum absolute atomic E-state index is 11.9. The molecule has 1 aliphatic rings. The topological polar surface area (TPSA) is 20.2 Å². The average molecular weight is 152 g/mol. The van der Waals surface area contributed by atoms with E-state index < -0.39 is 17.4 Å². The summed E-state index contributed by atoms with van der Waals surface area (Å²) in [5.74, 6) is -0.750. The Bertz CT molecular complexity index is 166. The molecule has 0 aromatic rings. The molecule has 58 valence electrons. The van der Waals surface area contributed by atoms with Crippen molar-refractivity contribution >= 4 is 0 Å². The highest BCUT2D eigenvalue weighted by molar-refractivity contribution is 5.15. The molecule has 0 spiro atoms. The monoisotopic (exact) mass is 152 g/mol.